The molecule has 0 saturated carbocycles. The van der Waals surface area contributed by atoms with Crippen molar-refractivity contribution in [2.75, 3.05) is 19.7 Å². The van der Waals surface area contributed by atoms with E-state index in [0.29, 0.717) is 41.6 Å². The molecule has 2 unspecified atom stereocenters. The molecule has 0 radical (unpaired) electrons. The van der Waals surface area contributed by atoms with Gasteiger partial charge in [0.05, 0.1) is 24.3 Å². The molecule has 1 fully saturated rings. The summed E-state index contributed by atoms with van der Waals surface area (Å²) in [6.45, 7) is 4.95. The number of piperidine rings is 1. The number of carbonyl (C=O) groups excluding carboxylic acids is 1. The molecule has 1 amide bonds. The molecule has 3 rings (SSSR count). The number of nitrogens with one attached hydrogen (secondary N) is 1. The summed E-state index contributed by atoms with van der Waals surface area (Å²) in [5, 5.41) is 3.65. The Labute approximate surface area is 199 Å². The molecule has 9 heteroatoms. The predicted molar refractivity (Wildman–Crippen MR) is 128 cm³/mol. The first-order valence-corrected chi connectivity index (χ1v) is 13.0. The summed E-state index contributed by atoms with van der Waals surface area (Å²) in [5.41, 5.74) is 1.34. The van der Waals surface area contributed by atoms with Crippen LogP contribution in [0.2, 0.25) is 10.0 Å². The average molecular weight is 499 g/mol. The fourth-order valence-corrected chi connectivity index (χ4v) is 6.15. The van der Waals surface area contributed by atoms with E-state index in [2.05, 4.69) is 5.32 Å². The third kappa shape index (κ3) is 6.16. The van der Waals surface area contributed by atoms with Gasteiger partial charge in [0, 0.05) is 28.7 Å². The van der Waals surface area contributed by atoms with E-state index in [4.69, 9.17) is 27.9 Å². The summed E-state index contributed by atoms with van der Waals surface area (Å²) >= 11 is 12.3. The van der Waals surface area contributed by atoms with E-state index in [1.807, 2.05) is 38.1 Å². The van der Waals surface area contributed by atoms with Crippen molar-refractivity contribution < 1.29 is 17.9 Å². The van der Waals surface area contributed by atoms with Crippen LogP contribution in [0.15, 0.2) is 42.5 Å². The SMILES string of the molecule is CCOc1ccc(C(C)NC(=O)C2CCCN(S(=O)(=O)Cc3c(Cl)cccc3Cl)C2)cc1. The van der Waals surface area contributed by atoms with Crippen molar-refractivity contribution in [1.29, 1.82) is 0 Å². The summed E-state index contributed by atoms with van der Waals surface area (Å²) in [4.78, 5) is 12.9. The molecule has 1 N–H and O–H groups in total. The van der Waals surface area contributed by atoms with Crippen LogP contribution < -0.4 is 10.1 Å². The zero-order chi connectivity index (χ0) is 23.3. The molecule has 0 bridgehead atoms. The van der Waals surface area contributed by atoms with E-state index < -0.39 is 15.9 Å². The summed E-state index contributed by atoms with van der Waals surface area (Å²) in [6, 6.07) is 12.3. The summed E-state index contributed by atoms with van der Waals surface area (Å²) in [5.74, 6) is -0.0726. The number of ether oxygens (including phenoxy) is 1. The second-order valence-electron chi connectivity index (χ2n) is 7.89. The second-order valence-corrected chi connectivity index (χ2v) is 10.7. The average Bonchev–Trinajstić information content (AvgIpc) is 2.77. The minimum atomic E-state index is -3.67. The normalized spacial score (nSPS) is 18.2. The van der Waals surface area contributed by atoms with Crippen molar-refractivity contribution in [3.05, 3.63) is 63.6 Å². The number of nitrogens with zero attached hydrogens (tertiary/aromatic N) is 1. The van der Waals surface area contributed by atoms with Gasteiger partial charge in [-0.2, -0.15) is 0 Å². The molecule has 1 heterocycles. The van der Waals surface area contributed by atoms with Gasteiger partial charge in [-0.1, -0.05) is 41.4 Å². The number of hydrogen-bond donors (Lipinski definition) is 1. The largest absolute Gasteiger partial charge is 0.494 e. The highest BCUT2D eigenvalue weighted by molar-refractivity contribution is 7.88. The number of halogens is 2. The lowest BCUT2D eigenvalue weighted by Gasteiger charge is -2.32. The molecular weight excluding hydrogens is 471 g/mol. The standard InChI is InChI=1S/C23H28Cl2N2O4S/c1-3-31-19-11-9-17(10-12-19)16(2)26-23(28)18-6-5-13-27(14-18)32(29,30)15-20-21(24)7-4-8-22(20)25/h4,7-12,16,18H,3,5-6,13-15H2,1-2H3,(H,26,28). The number of rotatable bonds is 8. The predicted octanol–water partition coefficient (Wildman–Crippen LogP) is 4.81. The van der Waals surface area contributed by atoms with Gasteiger partial charge < -0.3 is 10.1 Å². The van der Waals surface area contributed by atoms with E-state index in [9.17, 15) is 13.2 Å². The Bertz CT molecular complexity index is 1020. The van der Waals surface area contributed by atoms with E-state index in [1.54, 1.807) is 18.2 Å². The third-order valence-electron chi connectivity index (χ3n) is 5.59. The monoisotopic (exact) mass is 498 g/mol. The van der Waals surface area contributed by atoms with Gasteiger partial charge in [0.15, 0.2) is 0 Å². The Hall–Kier alpha value is -1.80. The zero-order valence-corrected chi connectivity index (χ0v) is 20.5. The maximum absolute atomic E-state index is 13.0. The maximum atomic E-state index is 13.0. The molecule has 0 aliphatic carbocycles. The second kappa shape index (κ2) is 10.9. The van der Waals surface area contributed by atoms with Gasteiger partial charge in [0.1, 0.15) is 5.75 Å². The highest BCUT2D eigenvalue weighted by atomic mass is 35.5. The molecule has 1 aliphatic rings. The lowest BCUT2D eigenvalue weighted by Crippen LogP contribution is -2.46. The molecule has 1 aliphatic heterocycles. The minimum Gasteiger partial charge on any atom is -0.494 e. The quantitative estimate of drug-likeness (QED) is 0.566. The Morgan fingerprint density at radius 3 is 2.47 bits per heavy atom. The molecule has 2 atom stereocenters. The molecule has 2 aromatic rings. The third-order valence-corrected chi connectivity index (χ3v) is 8.07. The fraction of sp³-hybridized carbons (Fsp3) is 0.435. The van der Waals surface area contributed by atoms with Crippen LogP contribution in [-0.2, 0) is 20.6 Å². The molecule has 0 spiro atoms. The first-order chi connectivity index (χ1) is 15.2. The van der Waals surface area contributed by atoms with Gasteiger partial charge in [0.25, 0.3) is 0 Å². The first kappa shape index (κ1) is 24.8. The summed E-state index contributed by atoms with van der Waals surface area (Å²) in [6.07, 6.45) is 1.26. The lowest BCUT2D eigenvalue weighted by atomic mass is 9.98. The van der Waals surface area contributed by atoms with Gasteiger partial charge >= 0.3 is 0 Å². The van der Waals surface area contributed by atoms with E-state index in [1.165, 1.54) is 4.31 Å². The van der Waals surface area contributed by atoms with Crippen molar-refractivity contribution in [2.24, 2.45) is 5.92 Å². The van der Waals surface area contributed by atoms with E-state index in [0.717, 1.165) is 11.3 Å². The first-order valence-electron chi connectivity index (χ1n) is 10.6. The van der Waals surface area contributed by atoms with Crippen LogP contribution in [0, 0.1) is 5.92 Å². The highest BCUT2D eigenvalue weighted by Crippen LogP contribution is 2.29. The minimum absolute atomic E-state index is 0.145. The van der Waals surface area contributed by atoms with Crippen molar-refractivity contribution >= 4 is 39.1 Å². The van der Waals surface area contributed by atoms with Gasteiger partial charge in [-0.05, 0) is 56.5 Å². The van der Waals surface area contributed by atoms with Gasteiger partial charge in [-0.25, -0.2) is 12.7 Å². The van der Waals surface area contributed by atoms with Crippen LogP contribution in [0.4, 0.5) is 0 Å². The Morgan fingerprint density at radius 2 is 1.84 bits per heavy atom. The van der Waals surface area contributed by atoms with E-state index in [-0.39, 0.29) is 24.2 Å². The van der Waals surface area contributed by atoms with Gasteiger partial charge in [-0.15, -0.1) is 0 Å². The number of carbonyl (C=O) groups is 1. The van der Waals surface area contributed by atoms with Gasteiger partial charge in [-0.3, -0.25) is 4.79 Å². The topological polar surface area (TPSA) is 75.7 Å². The Balaban J connectivity index is 1.63. The van der Waals surface area contributed by atoms with Crippen LogP contribution in [0.1, 0.15) is 43.9 Å². The fourth-order valence-electron chi connectivity index (χ4n) is 3.79. The van der Waals surface area contributed by atoms with Crippen LogP contribution in [0.3, 0.4) is 0 Å². The number of hydrogen-bond acceptors (Lipinski definition) is 4. The molecule has 1 saturated heterocycles. The Morgan fingerprint density at radius 1 is 1.19 bits per heavy atom. The van der Waals surface area contributed by atoms with Crippen LogP contribution in [-0.4, -0.2) is 38.3 Å². The van der Waals surface area contributed by atoms with E-state index >= 15 is 0 Å². The van der Waals surface area contributed by atoms with Crippen molar-refractivity contribution in [3.8, 4) is 5.75 Å². The van der Waals surface area contributed by atoms with Crippen LogP contribution in [0.25, 0.3) is 0 Å². The summed E-state index contributed by atoms with van der Waals surface area (Å²) in [7, 11) is -3.67. The van der Waals surface area contributed by atoms with Crippen molar-refractivity contribution in [3.63, 3.8) is 0 Å². The van der Waals surface area contributed by atoms with Crippen LogP contribution in [0.5, 0.6) is 5.75 Å². The molecular formula is C23H28Cl2N2O4S. The number of benzene rings is 2. The van der Waals surface area contributed by atoms with Gasteiger partial charge in [0.2, 0.25) is 15.9 Å². The zero-order valence-electron chi connectivity index (χ0n) is 18.2. The molecule has 0 aromatic heterocycles. The smallest absolute Gasteiger partial charge is 0.224 e. The molecule has 174 valence electrons. The maximum Gasteiger partial charge on any atom is 0.224 e. The number of amides is 1. The summed E-state index contributed by atoms with van der Waals surface area (Å²) < 4.78 is 32.9. The van der Waals surface area contributed by atoms with Crippen molar-refractivity contribution in [1.82, 2.24) is 9.62 Å². The Kier molecular flexibility index (Phi) is 8.44. The van der Waals surface area contributed by atoms with Crippen LogP contribution >= 0.6 is 23.2 Å². The number of sulfonamides is 1. The molecule has 2 aromatic carbocycles. The molecule has 32 heavy (non-hydrogen) atoms. The highest BCUT2D eigenvalue weighted by Gasteiger charge is 2.33. The molecule has 6 nitrogen and oxygen atoms in total. The lowest BCUT2D eigenvalue weighted by molar-refractivity contribution is -0.126. The van der Waals surface area contributed by atoms with Crippen molar-refractivity contribution in [2.45, 2.75) is 38.5 Å².